The molecule has 5 nitrogen and oxygen atoms in total. The lowest BCUT2D eigenvalue weighted by Crippen LogP contribution is -2.48. The molecule has 0 fully saturated rings. The van der Waals surface area contributed by atoms with Crippen LogP contribution in [0.3, 0.4) is 0 Å². The normalized spacial score (nSPS) is 16.7. The van der Waals surface area contributed by atoms with Gasteiger partial charge in [-0.2, -0.15) is 0 Å². The zero-order valence-electron chi connectivity index (χ0n) is 20.6. The summed E-state index contributed by atoms with van der Waals surface area (Å²) in [5, 5.41) is 10.6. The van der Waals surface area contributed by atoms with Crippen molar-refractivity contribution in [3.63, 3.8) is 0 Å². The van der Waals surface area contributed by atoms with E-state index >= 15 is 0 Å². The second kappa shape index (κ2) is 12.5. The third-order valence-electron chi connectivity index (χ3n) is 6.38. The number of rotatable bonds is 13. The lowest BCUT2D eigenvalue weighted by molar-refractivity contribution is -0.104. The minimum absolute atomic E-state index is 0.0467. The Morgan fingerprint density at radius 1 is 1.13 bits per heavy atom. The molecule has 176 valence electrons. The molecule has 31 heavy (non-hydrogen) atoms. The van der Waals surface area contributed by atoms with Crippen LogP contribution in [-0.4, -0.2) is 45.1 Å². The van der Waals surface area contributed by atoms with Crippen molar-refractivity contribution in [2.45, 2.75) is 90.5 Å². The number of aliphatic hydroxyl groups excluding tert-OH is 1. The molecular weight excluding hydrogens is 408 g/mol. The van der Waals surface area contributed by atoms with Crippen molar-refractivity contribution in [1.82, 2.24) is 0 Å². The molecule has 0 heterocycles. The maximum atomic E-state index is 10.5. The van der Waals surface area contributed by atoms with Gasteiger partial charge in [0.05, 0.1) is 32.0 Å². The van der Waals surface area contributed by atoms with Crippen LogP contribution in [0.4, 0.5) is 0 Å². The van der Waals surface area contributed by atoms with Crippen LogP contribution in [0.25, 0.3) is 0 Å². The smallest absolute Gasteiger partial charge is 0.192 e. The molecule has 0 saturated heterocycles. The van der Waals surface area contributed by atoms with Gasteiger partial charge >= 0.3 is 0 Å². The van der Waals surface area contributed by atoms with E-state index in [1.165, 1.54) is 6.08 Å². The number of ether oxygens (including phenoxy) is 2. The average Bonchev–Trinajstić information content (AvgIpc) is 2.70. The fourth-order valence-corrected chi connectivity index (χ4v) is 4.41. The molecule has 1 rings (SSSR count). The van der Waals surface area contributed by atoms with E-state index in [4.69, 9.17) is 13.9 Å². The molecule has 0 spiro atoms. The first-order chi connectivity index (χ1) is 14.4. The first-order valence-corrected chi connectivity index (χ1v) is 14.0. The summed E-state index contributed by atoms with van der Waals surface area (Å²) < 4.78 is 18.1. The first-order valence-electron chi connectivity index (χ1n) is 11.1. The maximum absolute atomic E-state index is 10.5. The highest BCUT2D eigenvalue weighted by molar-refractivity contribution is 6.74. The van der Waals surface area contributed by atoms with Gasteiger partial charge in [0.2, 0.25) is 0 Å². The summed E-state index contributed by atoms with van der Waals surface area (Å²) >= 11 is 0. The Hall–Kier alpha value is -1.47. The van der Waals surface area contributed by atoms with Crippen molar-refractivity contribution < 1.29 is 23.8 Å². The van der Waals surface area contributed by atoms with Crippen molar-refractivity contribution in [2.24, 2.45) is 5.92 Å². The number of allylic oxidation sites excluding steroid dienone is 1. The summed E-state index contributed by atoms with van der Waals surface area (Å²) in [6, 6.07) is 7.87. The standard InChI is InChI=1S/C25H42O5Si/c1-19(20(2)29-18-21-12-14-23(28-6)15-13-21)24(17-22(27)11-9-10-16-26)30-31(7,8)25(3,4)5/h9-10,12-16,19-20,22,24,27H,11,17-18H2,1-8H3/b10-9+/t19?,20?,22-,24-/m0/s1. The zero-order chi connectivity index (χ0) is 23.7. The minimum atomic E-state index is -2.03. The molecule has 0 aliphatic rings. The molecule has 0 saturated carbocycles. The molecular formula is C25H42O5Si. The summed E-state index contributed by atoms with van der Waals surface area (Å²) in [6.07, 6.45) is 4.06. The van der Waals surface area contributed by atoms with Crippen molar-refractivity contribution in [2.75, 3.05) is 7.11 Å². The van der Waals surface area contributed by atoms with E-state index < -0.39 is 14.4 Å². The molecule has 6 heteroatoms. The summed E-state index contributed by atoms with van der Waals surface area (Å²) in [6.45, 7) is 15.8. The highest BCUT2D eigenvalue weighted by Crippen LogP contribution is 2.39. The fraction of sp³-hybridized carbons (Fsp3) is 0.640. The quantitative estimate of drug-likeness (QED) is 0.243. The summed E-state index contributed by atoms with van der Waals surface area (Å²) in [5.74, 6) is 0.919. The number of aldehydes is 1. The van der Waals surface area contributed by atoms with Crippen LogP contribution < -0.4 is 4.74 Å². The Labute approximate surface area is 189 Å². The Balaban J connectivity index is 2.86. The predicted molar refractivity (Wildman–Crippen MR) is 129 cm³/mol. The highest BCUT2D eigenvalue weighted by atomic mass is 28.4. The molecule has 0 aromatic heterocycles. The van der Waals surface area contributed by atoms with Crippen LogP contribution >= 0.6 is 0 Å². The molecule has 0 bridgehead atoms. The summed E-state index contributed by atoms with van der Waals surface area (Å²) in [5.41, 5.74) is 1.08. The van der Waals surface area contributed by atoms with Crippen LogP contribution in [0, 0.1) is 5.92 Å². The van der Waals surface area contributed by atoms with Gasteiger partial charge in [0.15, 0.2) is 8.32 Å². The lowest BCUT2D eigenvalue weighted by Gasteiger charge is -2.42. The number of carbonyl (C=O) groups is 1. The number of hydrogen-bond acceptors (Lipinski definition) is 5. The van der Waals surface area contributed by atoms with Gasteiger partial charge in [-0.05, 0) is 61.7 Å². The Kier molecular flexibility index (Phi) is 11.1. The molecule has 0 aliphatic heterocycles. The second-order valence-electron chi connectivity index (χ2n) is 9.83. The van der Waals surface area contributed by atoms with E-state index in [2.05, 4.69) is 47.7 Å². The molecule has 1 N–H and O–H groups in total. The third-order valence-corrected chi connectivity index (χ3v) is 10.9. The van der Waals surface area contributed by atoms with Crippen molar-refractivity contribution >= 4 is 14.6 Å². The van der Waals surface area contributed by atoms with E-state index in [9.17, 15) is 9.90 Å². The minimum Gasteiger partial charge on any atom is -0.497 e. The molecule has 4 atom stereocenters. The second-order valence-corrected chi connectivity index (χ2v) is 14.6. The summed E-state index contributed by atoms with van der Waals surface area (Å²) in [4.78, 5) is 10.5. The Morgan fingerprint density at radius 2 is 1.74 bits per heavy atom. The topological polar surface area (TPSA) is 65.0 Å². The SMILES string of the molecule is COc1ccc(COC(C)C(C)[C@H](C[C@@H](O)C/C=C/C=O)O[Si](C)(C)C(C)(C)C)cc1. The Morgan fingerprint density at radius 3 is 2.26 bits per heavy atom. The van der Waals surface area contributed by atoms with E-state index in [0.717, 1.165) is 17.6 Å². The van der Waals surface area contributed by atoms with E-state index in [1.807, 2.05) is 24.3 Å². The van der Waals surface area contributed by atoms with Crippen LogP contribution in [0.5, 0.6) is 5.75 Å². The monoisotopic (exact) mass is 450 g/mol. The fourth-order valence-electron chi connectivity index (χ4n) is 2.98. The number of carbonyl (C=O) groups excluding carboxylic acids is 1. The number of methoxy groups -OCH3 is 1. The average molecular weight is 451 g/mol. The summed E-state index contributed by atoms with van der Waals surface area (Å²) in [7, 11) is -0.380. The number of hydrogen-bond donors (Lipinski definition) is 1. The van der Waals surface area contributed by atoms with Gasteiger partial charge in [0, 0.05) is 5.92 Å². The lowest BCUT2D eigenvalue weighted by atomic mass is 9.93. The van der Waals surface area contributed by atoms with Gasteiger partial charge in [0.25, 0.3) is 0 Å². The van der Waals surface area contributed by atoms with E-state index in [1.54, 1.807) is 13.2 Å². The molecule has 1 aromatic rings. The molecule has 1 aromatic carbocycles. The predicted octanol–water partition coefficient (Wildman–Crippen LogP) is 5.52. The van der Waals surface area contributed by atoms with Crippen LogP contribution in [-0.2, 0) is 20.6 Å². The van der Waals surface area contributed by atoms with E-state index in [-0.39, 0.29) is 23.2 Å². The van der Waals surface area contributed by atoms with Gasteiger partial charge in [-0.15, -0.1) is 0 Å². The van der Waals surface area contributed by atoms with Crippen LogP contribution in [0.1, 0.15) is 53.0 Å². The highest BCUT2D eigenvalue weighted by Gasteiger charge is 2.41. The molecule has 0 radical (unpaired) electrons. The third kappa shape index (κ3) is 9.27. The molecule has 2 unspecified atom stereocenters. The number of aliphatic hydroxyl groups is 1. The van der Waals surface area contributed by atoms with Gasteiger partial charge in [0.1, 0.15) is 12.0 Å². The van der Waals surface area contributed by atoms with Crippen molar-refractivity contribution in [3.8, 4) is 5.75 Å². The zero-order valence-corrected chi connectivity index (χ0v) is 21.6. The van der Waals surface area contributed by atoms with Crippen molar-refractivity contribution in [1.29, 1.82) is 0 Å². The van der Waals surface area contributed by atoms with Gasteiger partial charge in [-0.3, -0.25) is 4.79 Å². The van der Waals surface area contributed by atoms with Gasteiger partial charge in [-0.1, -0.05) is 45.9 Å². The van der Waals surface area contributed by atoms with E-state index in [0.29, 0.717) is 19.4 Å². The van der Waals surface area contributed by atoms with Crippen LogP contribution in [0.2, 0.25) is 18.1 Å². The van der Waals surface area contributed by atoms with Gasteiger partial charge in [-0.25, -0.2) is 0 Å². The maximum Gasteiger partial charge on any atom is 0.192 e. The Bertz CT molecular complexity index is 678. The first kappa shape index (κ1) is 27.6. The largest absolute Gasteiger partial charge is 0.497 e. The molecule has 0 aliphatic carbocycles. The molecule has 0 amide bonds. The number of benzene rings is 1. The van der Waals surface area contributed by atoms with Crippen molar-refractivity contribution in [3.05, 3.63) is 42.0 Å². The van der Waals surface area contributed by atoms with Crippen LogP contribution in [0.15, 0.2) is 36.4 Å². The van der Waals surface area contributed by atoms with Gasteiger partial charge < -0.3 is 19.0 Å².